The molecule has 0 saturated carbocycles. The summed E-state index contributed by atoms with van der Waals surface area (Å²) in [6.45, 7) is 9.53. The van der Waals surface area contributed by atoms with E-state index in [1.807, 2.05) is 30.5 Å². The minimum atomic E-state index is -0.150. The van der Waals surface area contributed by atoms with Gasteiger partial charge in [0.15, 0.2) is 10.3 Å². The molecule has 0 radical (unpaired) electrons. The zero-order valence-corrected chi connectivity index (χ0v) is 19.4. The Hall–Kier alpha value is -1.73. The quantitative estimate of drug-likeness (QED) is 0.502. The van der Waals surface area contributed by atoms with Crippen molar-refractivity contribution in [1.29, 1.82) is 0 Å². The van der Waals surface area contributed by atoms with Gasteiger partial charge >= 0.3 is 0 Å². The standard InChI is InChI=1S/C21H23Cl3N4O2/c1-4-30-18-14(11-15(22)13(3)16(18)27-7-9-29-10-8-27)12(2)21-26-20(24)17-19(23)25-5-6-28(17)21/h5-6,11-12H,4,7-10H2,1-3H3. The van der Waals surface area contributed by atoms with E-state index < -0.39 is 0 Å². The van der Waals surface area contributed by atoms with E-state index in [0.717, 1.165) is 41.5 Å². The van der Waals surface area contributed by atoms with Crippen LogP contribution in [0.25, 0.3) is 5.52 Å². The summed E-state index contributed by atoms with van der Waals surface area (Å²) >= 11 is 19.3. The number of hydrogen-bond acceptors (Lipinski definition) is 5. The topological polar surface area (TPSA) is 51.9 Å². The van der Waals surface area contributed by atoms with Crippen LogP contribution >= 0.6 is 34.8 Å². The number of imidazole rings is 1. The lowest BCUT2D eigenvalue weighted by Crippen LogP contribution is -2.37. The molecule has 2 aromatic heterocycles. The van der Waals surface area contributed by atoms with Crippen molar-refractivity contribution in [2.45, 2.75) is 26.7 Å². The molecule has 1 fully saturated rings. The molecule has 4 rings (SSSR count). The highest BCUT2D eigenvalue weighted by Gasteiger charge is 2.28. The van der Waals surface area contributed by atoms with Crippen molar-refractivity contribution < 1.29 is 9.47 Å². The van der Waals surface area contributed by atoms with E-state index in [1.54, 1.807) is 6.20 Å². The number of aromatic nitrogens is 3. The first-order valence-corrected chi connectivity index (χ1v) is 11.0. The van der Waals surface area contributed by atoms with Crippen LogP contribution < -0.4 is 9.64 Å². The summed E-state index contributed by atoms with van der Waals surface area (Å²) < 4.78 is 13.6. The number of benzene rings is 1. The predicted octanol–water partition coefficient (Wildman–Crippen LogP) is 5.39. The Labute approximate surface area is 190 Å². The summed E-state index contributed by atoms with van der Waals surface area (Å²) in [6.07, 6.45) is 3.44. The Morgan fingerprint density at radius 2 is 1.93 bits per heavy atom. The monoisotopic (exact) mass is 468 g/mol. The lowest BCUT2D eigenvalue weighted by molar-refractivity contribution is 0.122. The summed E-state index contributed by atoms with van der Waals surface area (Å²) in [5, 5.41) is 1.32. The molecule has 9 heteroatoms. The fourth-order valence-electron chi connectivity index (χ4n) is 3.94. The summed E-state index contributed by atoms with van der Waals surface area (Å²) in [6, 6.07) is 1.97. The van der Waals surface area contributed by atoms with Crippen molar-refractivity contribution >= 4 is 46.0 Å². The van der Waals surface area contributed by atoms with Crippen LogP contribution in [0.5, 0.6) is 5.75 Å². The lowest BCUT2D eigenvalue weighted by atomic mass is 9.95. The molecule has 0 bridgehead atoms. The second-order valence-corrected chi connectivity index (χ2v) is 8.33. The third-order valence-corrected chi connectivity index (χ3v) is 6.37. The molecule has 3 heterocycles. The van der Waals surface area contributed by atoms with Crippen LogP contribution in [0, 0.1) is 6.92 Å². The van der Waals surface area contributed by atoms with E-state index in [1.165, 1.54) is 0 Å². The summed E-state index contributed by atoms with van der Waals surface area (Å²) in [7, 11) is 0. The predicted molar refractivity (Wildman–Crippen MR) is 121 cm³/mol. The van der Waals surface area contributed by atoms with Crippen LogP contribution in [0.1, 0.15) is 36.7 Å². The maximum absolute atomic E-state index is 6.69. The van der Waals surface area contributed by atoms with Gasteiger partial charge in [0.05, 0.1) is 25.5 Å². The number of nitrogens with zero attached hydrogens (tertiary/aromatic N) is 4. The number of morpholine rings is 1. The van der Waals surface area contributed by atoms with Gasteiger partial charge in [0.2, 0.25) is 0 Å². The molecule has 0 amide bonds. The highest BCUT2D eigenvalue weighted by Crippen LogP contribution is 2.45. The Morgan fingerprint density at radius 1 is 1.20 bits per heavy atom. The van der Waals surface area contributed by atoms with Gasteiger partial charge < -0.3 is 14.4 Å². The minimum Gasteiger partial charge on any atom is -0.491 e. The molecule has 1 aromatic carbocycles. The molecule has 0 N–H and O–H groups in total. The fraction of sp³-hybridized carbons (Fsp3) is 0.429. The molecule has 1 unspecified atom stereocenters. The van der Waals surface area contributed by atoms with Crippen molar-refractivity contribution in [2.24, 2.45) is 0 Å². The summed E-state index contributed by atoms with van der Waals surface area (Å²) in [5.41, 5.74) is 3.55. The molecular weight excluding hydrogens is 447 g/mol. The molecule has 160 valence electrons. The normalized spacial score (nSPS) is 15.6. The van der Waals surface area contributed by atoms with E-state index in [0.29, 0.717) is 40.7 Å². The third kappa shape index (κ3) is 3.71. The van der Waals surface area contributed by atoms with E-state index >= 15 is 0 Å². The van der Waals surface area contributed by atoms with Crippen LogP contribution in [0.4, 0.5) is 5.69 Å². The fourth-order valence-corrected chi connectivity index (χ4v) is 4.70. The van der Waals surface area contributed by atoms with Crippen LogP contribution in [-0.4, -0.2) is 47.3 Å². The molecule has 30 heavy (non-hydrogen) atoms. The first kappa shape index (κ1) is 21.5. The van der Waals surface area contributed by atoms with Gasteiger partial charge in [0.25, 0.3) is 0 Å². The molecule has 0 spiro atoms. The van der Waals surface area contributed by atoms with E-state index in [-0.39, 0.29) is 5.92 Å². The first-order chi connectivity index (χ1) is 14.4. The molecule has 1 aliphatic heterocycles. The van der Waals surface area contributed by atoms with Crippen molar-refractivity contribution in [3.63, 3.8) is 0 Å². The number of halogens is 3. The Balaban J connectivity index is 1.90. The molecule has 6 nitrogen and oxygen atoms in total. The third-order valence-electron chi connectivity index (χ3n) is 5.44. The molecule has 3 aromatic rings. The molecular formula is C21H23Cl3N4O2. The number of hydrogen-bond donors (Lipinski definition) is 0. The van der Waals surface area contributed by atoms with Crippen molar-refractivity contribution in [1.82, 2.24) is 14.4 Å². The van der Waals surface area contributed by atoms with Gasteiger partial charge in [0, 0.05) is 42.0 Å². The Kier molecular flexibility index (Phi) is 6.30. The van der Waals surface area contributed by atoms with Crippen LogP contribution in [-0.2, 0) is 4.74 Å². The number of rotatable bonds is 5. The average molecular weight is 470 g/mol. The number of anilines is 1. The molecule has 1 aliphatic rings. The highest BCUT2D eigenvalue weighted by atomic mass is 35.5. The van der Waals surface area contributed by atoms with Crippen molar-refractivity contribution in [3.05, 3.63) is 50.7 Å². The number of ether oxygens (including phenoxy) is 2. The van der Waals surface area contributed by atoms with E-state index in [4.69, 9.17) is 44.3 Å². The largest absolute Gasteiger partial charge is 0.491 e. The van der Waals surface area contributed by atoms with E-state index in [9.17, 15) is 0 Å². The second-order valence-electron chi connectivity index (χ2n) is 7.20. The molecule has 1 atom stereocenters. The number of fused-ring (bicyclic) bond motifs is 1. The maximum Gasteiger partial charge on any atom is 0.158 e. The first-order valence-electron chi connectivity index (χ1n) is 9.90. The minimum absolute atomic E-state index is 0.150. The van der Waals surface area contributed by atoms with Gasteiger partial charge in [-0.3, -0.25) is 4.40 Å². The average Bonchev–Trinajstić information content (AvgIpc) is 3.09. The van der Waals surface area contributed by atoms with Gasteiger partial charge in [-0.15, -0.1) is 0 Å². The smallest absolute Gasteiger partial charge is 0.158 e. The Bertz CT molecular complexity index is 1080. The Morgan fingerprint density at radius 3 is 2.63 bits per heavy atom. The van der Waals surface area contributed by atoms with Gasteiger partial charge in [-0.05, 0) is 25.5 Å². The maximum atomic E-state index is 6.69. The van der Waals surface area contributed by atoms with Gasteiger partial charge in [-0.2, -0.15) is 0 Å². The van der Waals surface area contributed by atoms with Crippen molar-refractivity contribution in [3.8, 4) is 5.75 Å². The van der Waals surface area contributed by atoms with Crippen LogP contribution in [0.15, 0.2) is 18.5 Å². The lowest BCUT2D eigenvalue weighted by Gasteiger charge is -2.33. The second kappa shape index (κ2) is 8.79. The van der Waals surface area contributed by atoms with Crippen molar-refractivity contribution in [2.75, 3.05) is 37.8 Å². The highest BCUT2D eigenvalue weighted by molar-refractivity contribution is 6.38. The summed E-state index contributed by atoms with van der Waals surface area (Å²) in [4.78, 5) is 11.0. The summed E-state index contributed by atoms with van der Waals surface area (Å²) in [5.74, 6) is 1.41. The SMILES string of the molecule is CCOc1c(C(C)c2nc(Cl)c3c(Cl)nccn23)cc(Cl)c(C)c1N1CCOCC1. The molecule has 1 saturated heterocycles. The van der Waals surface area contributed by atoms with Gasteiger partial charge in [0.1, 0.15) is 17.1 Å². The molecule has 0 aliphatic carbocycles. The zero-order valence-electron chi connectivity index (χ0n) is 17.1. The van der Waals surface area contributed by atoms with Gasteiger partial charge in [-0.25, -0.2) is 9.97 Å². The van der Waals surface area contributed by atoms with E-state index in [2.05, 4.69) is 21.8 Å². The van der Waals surface area contributed by atoms with Crippen LogP contribution in [0.3, 0.4) is 0 Å². The van der Waals surface area contributed by atoms with Crippen LogP contribution in [0.2, 0.25) is 15.3 Å². The zero-order chi connectivity index (χ0) is 21.4. The van der Waals surface area contributed by atoms with Gasteiger partial charge in [-0.1, -0.05) is 41.7 Å².